The first-order chi connectivity index (χ1) is 5.59. The van der Waals surface area contributed by atoms with E-state index in [1.54, 1.807) is 6.07 Å². The summed E-state index contributed by atoms with van der Waals surface area (Å²) in [4.78, 5) is 10.3. The molecule has 0 bridgehead atoms. The van der Waals surface area contributed by atoms with E-state index in [4.69, 9.17) is 15.4 Å². The van der Waals surface area contributed by atoms with Crippen molar-refractivity contribution in [1.82, 2.24) is 5.16 Å². The molecule has 1 rings (SSSR count). The van der Waals surface area contributed by atoms with Crippen LogP contribution >= 0.6 is 15.9 Å². The van der Waals surface area contributed by atoms with Gasteiger partial charge in [0.2, 0.25) is 0 Å². The molecule has 1 aromatic rings. The molecule has 66 valence electrons. The van der Waals surface area contributed by atoms with Gasteiger partial charge in [-0.1, -0.05) is 5.16 Å². The molecule has 5 nitrogen and oxygen atoms in total. The van der Waals surface area contributed by atoms with Gasteiger partial charge in [-0.15, -0.1) is 0 Å². The Balaban J connectivity index is 2.58. The van der Waals surface area contributed by atoms with E-state index in [0.717, 1.165) is 0 Å². The normalized spacial score (nSPS) is 12.8. The van der Waals surface area contributed by atoms with E-state index in [2.05, 4.69) is 21.1 Å². The van der Waals surface area contributed by atoms with Gasteiger partial charge >= 0.3 is 5.97 Å². The Bertz CT molecular complexity index is 286. The number of rotatable bonds is 3. The Labute approximate surface area is 76.7 Å². The monoisotopic (exact) mass is 234 g/mol. The molecule has 0 radical (unpaired) electrons. The Morgan fingerprint density at radius 3 is 3.00 bits per heavy atom. The molecule has 3 N–H and O–H groups in total. The molecule has 0 aromatic carbocycles. The molecule has 12 heavy (non-hydrogen) atoms. The number of nitrogens with zero attached hydrogens (tertiary/aromatic N) is 1. The average Bonchev–Trinajstić information content (AvgIpc) is 2.35. The van der Waals surface area contributed by atoms with Crippen LogP contribution in [0.25, 0.3) is 0 Å². The second-order valence-electron chi connectivity index (χ2n) is 2.26. The van der Waals surface area contributed by atoms with Crippen molar-refractivity contribution in [3.05, 3.63) is 16.4 Å². The Hall–Kier alpha value is -0.880. The highest BCUT2D eigenvalue weighted by molar-refractivity contribution is 9.10. The van der Waals surface area contributed by atoms with Crippen LogP contribution in [0.4, 0.5) is 0 Å². The van der Waals surface area contributed by atoms with E-state index < -0.39 is 12.0 Å². The van der Waals surface area contributed by atoms with Gasteiger partial charge in [0, 0.05) is 12.5 Å². The average molecular weight is 235 g/mol. The zero-order valence-electron chi connectivity index (χ0n) is 6.03. The van der Waals surface area contributed by atoms with Gasteiger partial charge in [0.25, 0.3) is 0 Å². The first kappa shape index (κ1) is 9.21. The quantitative estimate of drug-likeness (QED) is 0.790. The number of halogens is 1. The van der Waals surface area contributed by atoms with Crippen LogP contribution in [0.15, 0.2) is 15.2 Å². The smallest absolute Gasteiger partial charge is 0.320 e. The topological polar surface area (TPSA) is 89.4 Å². The molecule has 0 spiro atoms. The first-order valence-corrected chi connectivity index (χ1v) is 3.98. The SMILES string of the molecule is NC(Cc1cc(Br)no1)C(=O)O. The molecular formula is C6H7BrN2O3. The van der Waals surface area contributed by atoms with Crippen LogP contribution in [0.3, 0.4) is 0 Å². The number of carboxylic acid groups (broad SMARTS) is 1. The lowest BCUT2D eigenvalue weighted by Gasteiger charge is -2.00. The van der Waals surface area contributed by atoms with E-state index in [1.165, 1.54) is 0 Å². The number of aromatic nitrogens is 1. The molecule has 0 amide bonds. The van der Waals surface area contributed by atoms with Gasteiger partial charge in [0.1, 0.15) is 16.4 Å². The summed E-state index contributed by atoms with van der Waals surface area (Å²) in [6.07, 6.45) is 0.147. The third-order valence-corrected chi connectivity index (χ3v) is 1.64. The molecule has 6 heteroatoms. The summed E-state index contributed by atoms with van der Waals surface area (Å²) < 4.78 is 5.28. The maximum absolute atomic E-state index is 10.3. The van der Waals surface area contributed by atoms with E-state index in [-0.39, 0.29) is 6.42 Å². The predicted molar refractivity (Wildman–Crippen MR) is 43.5 cm³/mol. The van der Waals surface area contributed by atoms with E-state index >= 15 is 0 Å². The summed E-state index contributed by atoms with van der Waals surface area (Å²) in [5.74, 6) is -0.598. The number of carboxylic acids is 1. The van der Waals surface area contributed by atoms with E-state index in [9.17, 15) is 4.79 Å². The highest BCUT2D eigenvalue weighted by Gasteiger charge is 2.14. The van der Waals surface area contributed by atoms with Gasteiger partial charge in [-0.25, -0.2) is 0 Å². The van der Waals surface area contributed by atoms with Crippen LogP contribution in [-0.2, 0) is 11.2 Å². The molecule has 0 saturated heterocycles. The maximum Gasteiger partial charge on any atom is 0.320 e. The van der Waals surface area contributed by atoms with Gasteiger partial charge in [0.05, 0.1) is 0 Å². The van der Waals surface area contributed by atoms with E-state index in [1.807, 2.05) is 0 Å². The zero-order chi connectivity index (χ0) is 9.14. The van der Waals surface area contributed by atoms with Gasteiger partial charge < -0.3 is 15.4 Å². The lowest BCUT2D eigenvalue weighted by molar-refractivity contribution is -0.138. The summed E-state index contributed by atoms with van der Waals surface area (Å²) in [7, 11) is 0. The Morgan fingerprint density at radius 1 is 1.92 bits per heavy atom. The minimum absolute atomic E-state index is 0.147. The fourth-order valence-corrected chi connectivity index (χ4v) is 1.02. The summed E-state index contributed by atoms with van der Waals surface area (Å²) in [6, 6.07) is 0.646. The maximum atomic E-state index is 10.3. The number of carbonyl (C=O) groups is 1. The molecule has 0 fully saturated rings. The van der Waals surface area contributed by atoms with Gasteiger partial charge in [-0.2, -0.15) is 0 Å². The Kier molecular flexibility index (Phi) is 2.83. The largest absolute Gasteiger partial charge is 0.480 e. The van der Waals surface area contributed by atoms with Crippen LogP contribution in [0.5, 0.6) is 0 Å². The minimum atomic E-state index is -1.05. The molecule has 0 aliphatic rings. The molecule has 1 aromatic heterocycles. The summed E-state index contributed by atoms with van der Waals surface area (Å²) in [5.41, 5.74) is 5.26. The minimum Gasteiger partial charge on any atom is -0.480 e. The van der Waals surface area contributed by atoms with Gasteiger partial charge in [-0.3, -0.25) is 4.79 Å². The standard InChI is InChI=1S/C6H7BrN2O3/c7-5-2-3(12-9-5)1-4(8)6(10)11/h2,4H,1,8H2,(H,10,11). The Morgan fingerprint density at radius 2 is 2.58 bits per heavy atom. The van der Waals surface area contributed by atoms with Crippen molar-refractivity contribution >= 4 is 21.9 Å². The number of aliphatic carboxylic acids is 1. The molecule has 0 saturated carbocycles. The summed E-state index contributed by atoms with van der Waals surface area (Å²) in [5, 5.41) is 12.0. The highest BCUT2D eigenvalue weighted by Crippen LogP contribution is 2.10. The van der Waals surface area contributed by atoms with Crippen molar-refractivity contribution in [3.8, 4) is 0 Å². The second-order valence-corrected chi connectivity index (χ2v) is 3.08. The fraction of sp³-hybridized carbons (Fsp3) is 0.333. The van der Waals surface area contributed by atoms with Crippen molar-refractivity contribution in [2.45, 2.75) is 12.5 Å². The van der Waals surface area contributed by atoms with Gasteiger partial charge in [0.15, 0.2) is 0 Å². The van der Waals surface area contributed by atoms with Gasteiger partial charge in [-0.05, 0) is 15.9 Å². The van der Waals surface area contributed by atoms with Crippen molar-refractivity contribution < 1.29 is 14.4 Å². The molecule has 1 atom stereocenters. The lowest BCUT2D eigenvalue weighted by Crippen LogP contribution is -2.32. The number of hydrogen-bond donors (Lipinski definition) is 2. The van der Waals surface area contributed by atoms with Crippen LogP contribution in [0.1, 0.15) is 5.76 Å². The van der Waals surface area contributed by atoms with Crippen molar-refractivity contribution in [2.75, 3.05) is 0 Å². The third kappa shape index (κ3) is 2.31. The van der Waals surface area contributed by atoms with Crippen LogP contribution in [0.2, 0.25) is 0 Å². The molecule has 1 unspecified atom stereocenters. The number of nitrogens with two attached hydrogens (primary N) is 1. The van der Waals surface area contributed by atoms with Crippen LogP contribution < -0.4 is 5.73 Å². The summed E-state index contributed by atoms with van der Waals surface area (Å²) in [6.45, 7) is 0. The van der Waals surface area contributed by atoms with E-state index in [0.29, 0.717) is 10.4 Å². The zero-order valence-corrected chi connectivity index (χ0v) is 7.61. The van der Waals surface area contributed by atoms with Crippen LogP contribution in [0, 0.1) is 0 Å². The summed E-state index contributed by atoms with van der Waals surface area (Å²) >= 11 is 3.07. The highest BCUT2D eigenvalue weighted by atomic mass is 79.9. The predicted octanol–water partition coefficient (Wildman–Crippen LogP) is 0.392. The lowest BCUT2D eigenvalue weighted by atomic mass is 10.2. The molecule has 0 aliphatic heterocycles. The molecular weight excluding hydrogens is 228 g/mol. The third-order valence-electron chi connectivity index (χ3n) is 1.27. The first-order valence-electron chi connectivity index (χ1n) is 3.19. The fourth-order valence-electron chi connectivity index (χ4n) is 0.688. The second kappa shape index (κ2) is 3.68. The number of hydrogen-bond acceptors (Lipinski definition) is 4. The van der Waals surface area contributed by atoms with Crippen LogP contribution in [-0.4, -0.2) is 22.3 Å². The molecule has 1 heterocycles. The van der Waals surface area contributed by atoms with Crippen molar-refractivity contribution in [3.63, 3.8) is 0 Å². The van der Waals surface area contributed by atoms with Crippen molar-refractivity contribution in [1.29, 1.82) is 0 Å². The molecule has 0 aliphatic carbocycles. The van der Waals surface area contributed by atoms with Crippen molar-refractivity contribution in [2.24, 2.45) is 5.73 Å².